The molecule has 2 aromatic heterocycles. The molecule has 27 heavy (non-hydrogen) atoms. The number of piperidine rings is 1. The minimum Gasteiger partial charge on any atom is -0.339 e. The van der Waals surface area contributed by atoms with Crippen molar-refractivity contribution in [2.24, 2.45) is 0 Å². The summed E-state index contributed by atoms with van der Waals surface area (Å²) in [6, 6.07) is 3.09. The lowest BCUT2D eigenvalue weighted by atomic mass is 10.0. The van der Waals surface area contributed by atoms with Gasteiger partial charge in [-0.2, -0.15) is 4.98 Å². The summed E-state index contributed by atoms with van der Waals surface area (Å²) in [5.74, 6) is -1.57. The largest absolute Gasteiger partial charge is 0.339 e. The first-order valence-corrected chi connectivity index (χ1v) is 8.48. The maximum Gasteiger partial charge on any atom is 0.254 e. The van der Waals surface area contributed by atoms with Crippen molar-refractivity contribution < 1.29 is 18.1 Å². The fourth-order valence-electron chi connectivity index (χ4n) is 3.13. The van der Waals surface area contributed by atoms with Crippen molar-refractivity contribution in [1.82, 2.24) is 30.0 Å². The first-order chi connectivity index (χ1) is 13.0. The van der Waals surface area contributed by atoms with Gasteiger partial charge in [0, 0.05) is 25.6 Å². The van der Waals surface area contributed by atoms with Crippen LogP contribution >= 0.6 is 0 Å². The van der Waals surface area contributed by atoms with Crippen LogP contribution in [0.1, 0.15) is 35.1 Å². The van der Waals surface area contributed by atoms with E-state index in [0.717, 1.165) is 25.0 Å². The zero-order valence-electron chi connectivity index (χ0n) is 14.5. The van der Waals surface area contributed by atoms with Crippen LogP contribution in [-0.2, 0) is 0 Å². The number of hydrogen-bond acceptors (Lipinski definition) is 6. The number of halogens is 2. The number of carbonyl (C=O) groups excluding carboxylic acids is 1. The number of likely N-dealkylation sites (tertiary alicyclic amines) is 1. The van der Waals surface area contributed by atoms with Crippen LogP contribution in [0.25, 0.3) is 11.5 Å². The highest BCUT2D eigenvalue weighted by Gasteiger charge is 2.27. The lowest BCUT2D eigenvalue weighted by molar-refractivity contribution is 0.0671. The summed E-state index contributed by atoms with van der Waals surface area (Å²) in [6.45, 7) is 2.62. The monoisotopic (exact) mass is 374 g/mol. The van der Waals surface area contributed by atoms with E-state index >= 15 is 0 Å². The molecule has 8 nitrogen and oxygen atoms in total. The van der Waals surface area contributed by atoms with E-state index in [1.54, 1.807) is 22.7 Å². The molecular weight excluding hydrogens is 358 g/mol. The minimum absolute atomic E-state index is 0.0813. The minimum atomic E-state index is -1.04. The van der Waals surface area contributed by atoms with Crippen LogP contribution in [0.15, 0.2) is 28.9 Å². The Bertz CT molecular complexity index is 985. The van der Waals surface area contributed by atoms with Gasteiger partial charge < -0.3 is 9.42 Å². The molecule has 3 aromatic rings. The predicted molar refractivity (Wildman–Crippen MR) is 88.6 cm³/mol. The fourth-order valence-corrected chi connectivity index (χ4v) is 3.13. The molecule has 3 heterocycles. The normalized spacial score (nSPS) is 17.3. The van der Waals surface area contributed by atoms with Crippen molar-refractivity contribution in [2.45, 2.75) is 25.8 Å². The van der Waals surface area contributed by atoms with Crippen molar-refractivity contribution in [1.29, 1.82) is 0 Å². The average molecular weight is 374 g/mol. The van der Waals surface area contributed by atoms with Crippen LogP contribution in [-0.4, -0.2) is 49.0 Å². The van der Waals surface area contributed by atoms with E-state index in [4.69, 9.17) is 4.52 Å². The van der Waals surface area contributed by atoms with Crippen LogP contribution in [0, 0.1) is 18.6 Å². The molecule has 1 saturated heterocycles. The number of aromatic nitrogens is 5. The van der Waals surface area contributed by atoms with Crippen molar-refractivity contribution in [3.8, 4) is 11.5 Å². The van der Waals surface area contributed by atoms with Gasteiger partial charge in [0.25, 0.3) is 5.91 Å². The molecule has 1 atom stereocenters. The smallest absolute Gasteiger partial charge is 0.254 e. The number of hydrogen-bond donors (Lipinski definition) is 0. The van der Waals surface area contributed by atoms with Crippen LogP contribution in [0.3, 0.4) is 0 Å². The fraction of sp³-hybridized carbons (Fsp3) is 0.353. The number of amides is 1. The third kappa shape index (κ3) is 3.42. The van der Waals surface area contributed by atoms with Crippen LogP contribution in [0.2, 0.25) is 0 Å². The standard InChI is InChI=1S/C17H16F2N6O2/c1-10-20-16(22-27-10)15-9-25(23-21-15)12-3-2-6-24(8-12)17(26)11-4-5-13(18)14(19)7-11/h4-5,7,9,12H,2-3,6,8H2,1H3/t12-/m0/s1. The van der Waals surface area contributed by atoms with Gasteiger partial charge in [0.2, 0.25) is 11.7 Å². The van der Waals surface area contributed by atoms with Crippen molar-refractivity contribution in [2.75, 3.05) is 13.1 Å². The van der Waals surface area contributed by atoms with E-state index < -0.39 is 11.6 Å². The van der Waals surface area contributed by atoms with Gasteiger partial charge in [-0.3, -0.25) is 4.79 Å². The summed E-state index contributed by atoms with van der Waals surface area (Å²) < 4.78 is 33.1. The first-order valence-electron chi connectivity index (χ1n) is 8.48. The van der Waals surface area contributed by atoms with Gasteiger partial charge in [0.1, 0.15) is 0 Å². The van der Waals surface area contributed by atoms with E-state index in [0.29, 0.717) is 30.5 Å². The first kappa shape index (κ1) is 17.3. The number of rotatable bonds is 3. The highest BCUT2D eigenvalue weighted by atomic mass is 19.2. The lowest BCUT2D eigenvalue weighted by Crippen LogP contribution is -2.40. The maximum absolute atomic E-state index is 13.4. The molecular formula is C17H16F2N6O2. The van der Waals surface area contributed by atoms with Crippen molar-refractivity contribution in [3.63, 3.8) is 0 Å². The molecule has 0 radical (unpaired) electrons. The van der Waals surface area contributed by atoms with E-state index in [1.807, 2.05) is 0 Å². The number of benzene rings is 1. The number of nitrogens with zero attached hydrogens (tertiary/aromatic N) is 6. The van der Waals surface area contributed by atoms with Gasteiger partial charge in [-0.1, -0.05) is 10.4 Å². The topological polar surface area (TPSA) is 89.9 Å². The van der Waals surface area contributed by atoms with Gasteiger partial charge in [-0.15, -0.1) is 5.10 Å². The molecule has 0 N–H and O–H groups in total. The Balaban J connectivity index is 1.50. The second kappa shape index (κ2) is 6.86. The Morgan fingerprint density at radius 1 is 1.30 bits per heavy atom. The summed E-state index contributed by atoms with van der Waals surface area (Å²) in [6.07, 6.45) is 3.28. The summed E-state index contributed by atoms with van der Waals surface area (Å²) in [7, 11) is 0. The Morgan fingerprint density at radius 2 is 2.15 bits per heavy atom. The summed E-state index contributed by atoms with van der Waals surface area (Å²) >= 11 is 0. The van der Waals surface area contributed by atoms with Crippen molar-refractivity contribution in [3.05, 3.63) is 47.5 Å². The van der Waals surface area contributed by atoms with Crippen LogP contribution < -0.4 is 0 Å². The number of aryl methyl sites for hydroxylation is 1. The molecule has 1 aliphatic rings. The van der Waals surface area contributed by atoms with Gasteiger partial charge in [-0.05, 0) is 31.0 Å². The van der Waals surface area contributed by atoms with Gasteiger partial charge in [0.15, 0.2) is 17.3 Å². The average Bonchev–Trinajstić information content (AvgIpc) is 3.32. The van der Waals surface area contributed by atoms with Gasteiger partial charge in [0.05, 0.1) is 12.2 Å². The molecule has 1 aliphatic heterocycles. The number of carbonyl (C=O) groups is 1. The second-order valence-electron chi connectivity index (χ2n) is 6.40. The maximum atomic E-state index is 13.4. The zero-order valence-corrected chi connectivity index (χ0v) is 14.5. The molecule has 1 aromatic carbocycles. The Labute approximate surface area is 152 Å². The quantitative estimate of drug-likeness (QED) is 0.699. The van der Waals surface area contributed by atoms with Gasteiger partial charge >= 0.3 is 0 Å². The third-order valence-electron chi connectivity index (χ3n) is 4.49. The van der Waals surface area contributed by atoms with Crippen LogP contribution in [0.4, 0.5) is 8.78 Å². The molecule has 0 saturated carbocycles. The van der Waals surface area contributed by atoms with E-state index in [-0.39, 0.29) is 17.5 Å². The molecule has 0 spiro atoms. The Hall–Kier alpha value is -3.17. The van der Waals surface area contributed by atoms with Gasteiger partial charge in [-0.25, -0.2) is 13.5 Å². The van der Waals surface area contributed by atoms with Crippen LogP contribution in [0.5, 0.6) is 0 Å². The molecule has 140 valence electrons. The molecule has 4 rings (SSSR count). The summed E-state index contributed by atoms with van der Waals surface area (Å²) in [5, 5.41) is 12.0. The van der Waals surface area contributed by atoms with E-state index in [1.165, 1.54) is 6.07 Å². The molecule has 0 aliphatic carbocycles. The Kier molecular flexibility index (Phi) is 4.38. The van der Waals surface area contributed by atoms with E-state index in [9.17, 15) is 13.6 Å². The molecule has 1 fully saturated rings. The second-order valence-corrected chi connectivity index (χ2v) is 6.40. The SMILES string of the molecule is Cc1nc(-c2cn([C@H]3CCCN(C(=O)c4ccc(F)c(F)c4)C3)nn2)no1. The lowest BCUT2D eigenvalue weighted by Gasteiger charge is -2.32. The summed E-state index contributed by atoms with van der Waals surface area (Å²) in [4.78, 5) is 18.4. The zero-order chi connectivity index (χ0) is 19.0. The van der Waals surface area contributed by atoms with E-state index in [2.05, 4.69) is 20.5 Å². The highest BCUT2D eigenvalue weighted by molar-refractivity contribution is 5.94. The Morgan fingerprint density at radius 3 is 2.89 bits per heavy atom. The third-order valence-corrected chi connectivity index (χ3v) is 4.49. The molecule has 0 unspecified atom stereocenters. The highest BCUT2D eigenvalue weighted by Crippen LogP contribution is 2.24. The molecule has 0 bridgehead atoms. The predicted octanol–water partition coefficient (Wildman–Crippen LogP) is 2.39. The molecule has 10 heteroatoms. The van der Waals surface area contributed by atoms with Crippen molar-refractivity contribution >= 4 is 5.91 Å². The summed E-state index contributed by atoms with van der Waals surface area (Å²) in [5.41, 5.74) is 0.604. The molecule has 1 amide bonds.